The van der Waals surface area contributed by atoms with Crippen LogP contribution in [0.3, 0.4) is 0 Å². The van der Waals surface area contributed by atoms with Gasteiger partial charge in [0.15, 0.2) is 11.5 Å². The molecule has 1 heterocycles. The molecule has 0 spiro atoms. The van der Waals surface area contributed by atoms with Gasteiger partial charge in [0.2, 0.25) is 0 Å². The van der Waals surface area contributed by atoms with Crippen molar-refractivity contribution in [3.05, 3.63) is 57.0 Å². The first kappa shape index (κ1) is 23.9. The number of hydrogen-bond acceptors (Lipinski definition) is 4. The van der Waals surface area contributed by atoms with Crippen molar-refractivity contribution in [1.82, 2.24) is 9.88 Å². The number of benzene rings is 1. The van der Waals surface area contributed by atoms with Gasteiger partial charge in [-0.1, -0.05) is 32.3 Å². The predicted molar refractivity (Wildman–Crippen MR) is 127 cm³/mol. The highest BCUT2D eigenvalue weighted by molar-refractivity contribution is 5.94. The van der Waals surface area contributed by atoms with E-state index < -0.39 is 0 Å². The second-order valence-electron chi connectivity index (χ2n) is 8.45. The van der Waals surface area contributed by atoms with E-state index in [0.717, 1.165) is 49.8 Å². The zero-order valence-corrected chi connectivity index (χ0v) is 19.7. The van der Waals surface area contributed by atoms with E-state index in [4.69, 9.17) is 9.47 Å². The van der Waals surface area contributed by atoms with Gasteiger partial charge < -0.3 is 19.4 Å². The Balaban J connectivity index is 1.77. The summed E-state index contributed by atoms with van der Waals surface area (Å²) >= 11 is 0. The van der Waals surface area contributed by atoms with Crippen LogP contribution in [0.5, 0.6) is 11.5 Å². The lowest BCUT2D eigenvalue weighted by Crippen LogP contribution is -2.36. The summed E-state index contributed by atoms with van der Waals surface area (Å²) in [7, 11) is 3.21. The molecule has 1 aliphatic rings. The van der Waals surface area contributed by atoms with Gasteiger partial charge in [0, 0.05) is 18.8 Å². The Hall–Kier alpha value is -2.76. The SMILES string of the molecule is CCCCn1c2c(cc(C(=O)NCCc3ccc(OC)c(OC)c3)c1=O)CCCCCC2. The van der Waals surface area contributed by atoms with Crippen LogP contribution in [-0.4, -0.2) is 31.2 Å². The molecule has 1 aromatic carbocycles. The summed E-state index contributed by atoms with van der Waals surface area (Å²) < 4.78 is 12.5. The van der Waals surface area contributed by atoms with E-state index in [-0.39, 0.29) is 17.0 Å². The lowest BCUT2D eigenvalue weighted by Gasteiger charge is -2.21. The van der Waals surface area contributed by atoms with Crippen LogP contribution in [0, 0.1) is 0 Å². The second kappa shape index (κ2) is 11.7. The predicted octanol–water partition coefficient (Wildman–Crippen LogP) is 4.30. The van der Waals surface area contributed by atoms with Gasteiger partial charge in [0.1, 0.15) is 5.56 Å². The molecule has 6 heteroatoms. The zero-order valence-electron chi connectivity index (χ0n) is 19.7. The van der Waals surface area contributed by atoms with E-state index in [1.165, 1.54) is 18.4 Å². The van der Waals surface area contributed by atoms with Gasteiger partial charge >= 0.3 is 0 Å². The highest BCUT2D eigenvalue weighted by Gasteiger charge is 2.20. The molecule has 1 aliphatic carbocycles. The highest BCUT2D eigenvalue weighted by atomic mass is 16.5. The fourth-order valence-electron chi connectivity index (χ4n) is 4.40. The van der Waals surface area contributed by atoms with Crippen LogP contribution >= 0.6 is 0 Å². The first-order chi connectivity index (χ1) is 15.6. The molecule has 174 valence electrons. The van der Waals surface area contributed by atoms with Gasteiger partial charge in [-0.3, -0.25) is 9.59 Å². The number of aryl methyl sites for hydroxylation is 1. The molecule has 1 aromatic heterocycles. The van der Waals surface area contributed by atoms with E-state index >= 15 is 0 Å². The van der Waals surface area contributed by atoms with Crippen molar-refractivity contribution in [1.29, 1.82) is 0 Å². The summed E-state index contributed by atoms with van der Waals surface area (Å²) in [5.41, 5.74) is 3.46. The largest absolute Gasteiger partial charge is 0.493 e. The number of rotatable bonds is 9. The number of pyridine rings is 1. The first-order valence-corrected chi connectivity index (χ1v) is 11.8. The van der Waals surface area contributed by atoms with Gasteiger partial charge in [-0.05, 0) is 67.9 Å². The quantitative estimate of drug-likeness (QED) is 0.631. The molecule has 32 heavy (non-hydrogen) atoms. The highest BCUT2D eigenvalue weighted by Crippen LogP contribution is 2.27. The van der Waals surface area contributed by atoms with E-state index in [1.807, 2.05) is 28.8 Å². The Bertz CT molecular complexity index is 981. The van der Waals surface area contributed by atoms with Crippen LogP contribution in [0.4, 0.5) is 0 Å². The number of nitrogens with one attached hydrogen (secondary N) is 1. The maximum Gasteiger partial charge on any atom is 0.263 e. The number of hydrogen-bond donors (Lipinski definition) is 1. The molecule has 0 saturated carbocycles. The number of fused-ring (bicyclic) bond motifs is 1. The van der Waals surface area contributed by atoms with Gasteiger partial charge in [-0.25, -0.2) is 0 Å². The van der Waals surface area contributed by atoms with Crippen molar-refractivity contribution >= 4 is 5.91 Å². The van der Waals surface area contributed by atoms with E-state index in [9.17, 15) is 9.59 Å². The van der Waals surface area contributed by atoms with Gasteiger partial charge in [0.25, 0.3) is 11.5 Å². The molecule has 0 radical (unpaired) electrons. The smallest absolute Gasteiger partial charge is 0.263 e. The van der Waals surface area contributed by atoms with E-state index in [0.29, 0.717) is 31.0 Å². The average molecular weight is 441 g/mol. The zero-order chi connectivity index (χ0) is 22.9. The average Bonchev–Trinajstić information content (AvgIpc) is 2.79. The molecule has 3 rings (SSSR count). The van der Waals surface area contributed by atoms with Crippen LogP contribution in [0.2, 0.25) is 0 Å². The molecule has 1 N–H and O–H groups in total. The Morgan fingerprint density at radius 2 is 1.78 bits per heavy atom. The fourth-order valence-corrected chi connectivity index (χ4v) is 4.40. The van der Waals surface area contributed by atoms with Crippen molar-refractivity contribution < 1.29 is 14.3 Å². The maximum atomic E-state index is 13.2. The minimum Gasteiger partial charge on any atom is -0.493 e. The lowest BCUT2D eigenvalue weighted by molar-refractivity contribution is 0.0951. The molecule has 0 unspecified atom stereocenters. The third-order valence-electron chi connectivity index (χ3n) is 6.23. The van der Waals surface area contributed by atoms with Crippen molar-refractivity contribution in [2.24, 2.45) is 0 Å². The Kier molecular flexibility index (Phi) is 8.77. The lowest BCUT2D eigenvalue weighted by atomic mass is 9.95. The van der Waals surface area contributed by atoms with Crippen molar-refractivity contribution in [3.63, 3.8) is 0 Å². The normalized spacial score (nSPS) is 13.6. The van der Waals surface area contributed by atoms with Crippen LogP contribution in [0.15, 0.2) is 29.1 Å². The second-order valence-corrected chi connectivity index (χ2v) is 8.45. The summed E-state index contributed by atoms with van der Waals surface area (Å²) in [6.45, 7) is 3.25. The van der Waals surface area contributed by atoms with E-state index in [1.54, 1.807) is 14.2 Å². The van der Waals surface area contributed by atoms with Crippen LogP contribution < -0.4 is 20.3 Å². The monoisotopic (exact) mass is 440 g/mol. The van der Waals surface area contributed by atoms with Gasteiger partial charge in [0.05, 0.1) is 14.2 Å². The number of methoxy groups -OCH3 is 2. The van der Waals surface area contributed by atoms with Crippen molar-refractivity contribution in [2.75, 3.05) is 20.8 Å². The van der Waals surface area contributed by atoms with Gasteiger partial charge in [-0.2, -0.15) is 0 Å². The summed E-state index contributed by atoms with van der Waals surface area (Å²) in [6.07, 6.45) is 9.10. The summed E-state index contributed by atoms with van der Waals surface area (Å²) in [4.78, 5) is 26.2. The molecule has 0 fully saturated rings. The minimum absolute atomic E-state index is 0.151. The van der Waals surface area contributed by atoms with E-state index in [2.05, 4.69) is 12.2 Å². The molecule has 0 saturated heterocycles. The molecule has 0 aliphatic heterocycles. The number of unbranched alkanes of at least 4 members (excludes halogenated alkanes) is 1. The molecule has 2 aromatic rings. The molecule has 0 atom stereocenters. The molecule has 1 amide bonds. The van der Waals surface area contributed by atoms with Crippen molar-refractivity contribution in [2.45, 2.75) is 71.3 Å². The number of aromatic nitrogens is 1. The molecule has 0 bridgehead atoms. The molecule has 6 nitrogen and oxygen atoms in total. The number of ether oxygens (including phenoxy) is 2. The number of nitrogens with zero attached hydrogens (tertiary/aromatic N) is 1. The molecular formula is C26H36N2O4. The van der Waals surface area contributed by atoms with Crippen LogP contribution in [0.1, 0.15) is 72.6 Å². The fraction of sp³-hybridized carbons (Fsp3) is 0.538. The summed E-state index contributed by atoms with van der Waals surface area (Å²) in [5, 5.41) is 2.95. The Morgan fingerprint density at radius 1 is 1.03 bits per heavy atom. The van der Waals surface area contributed by atoms with Crippen LogP contribution in [0.25, 0.3) is 0 Å². The number of carbonyl (C=O) groups excluding carboxylic acids is 1. The number of carbonyl (C=O) groups is 1. The topological polar surface area (TPSA) is 69.6 Å². The Labute approximate surface area is 190 Å². The van der Waals surface area contributed by atoms with Crippen LogP contribution in [-0.2, 0) is 25.8 Å². The number of amides is 1. The summed E-state index contributed by atoms with van der Waals surface area (Å²) in [6, 6.07) is 7.58. The standard InChI is InChI=1S/C26H36N2O4/c1-4-5-16-28-22-11-9-7-6-8-10-20(22)18-21(26(28)30)25(29)27-15-14-19-12-13-23(31-2)24(17-19)32-3/h12-13,17-18H,4-11,14-16H2,1-3H3,(H,27,29). The third kappa shape index (κ3) is 5.72. The van der Waals surface area contributed by atoms with Crippen molar-refractivity contribution in [3.8, 4) is 11.5 Å². The maximum absolute atomic E-state index is 13.2. The third-order valence-corrected chi connectivity index (χ3v) is 6.23. The summed E-state index contributed by atoms with van der Waals surface area (Å²) in [5.74, 6) is 1.05. The molecular weight excluding hydrogens is 404 g/mol. The Morgan fingerprint density at radius 3 is 2.50 bits per heavy atom. The van der Waals surface area contributed by atoms with Gasteiger partial charge in [-0.15, -0.1) is 0 Å². The first-order valence-electron chi connectivity index (χ1n) is 11.8. The minimum atomic E-state index is -0.286.